The highest BCUT2D eigenvalue weighted by atomic mass is 79.9. The van der Waals surface area contributed by atoms with Gasteiger partial charge in [-0.15, -0.1) is 5.10 Å². The van der Waals surface area contributed by atoms with Gasteiger partial charge in [0.25, 0.3) is 5.91 Å². The fraction of sp³-hybridized carbons (Fsp3) is 0.591. The van der Waals surface area contributed by atoms with Crippen LogP contribution in [-0.2, 0) is 9.53 Å². The van der Waals surface area contributed by atoms with Gasteiger partial charge in [0.05, 0.1) is 10.5 Å². The molecule has 8 nitrogen and oxygen atoms in total. The van der Waals surface area contributed by atoms with Crippen LogP contribution in [0.15, 0.2) is 22.7 Å². The van der Waals surface area contributed by atoms with E-state index in [2.05, 4.69) is 31.5 Å². The smallest absolute Gasteiger partial charge is 0.329 e. The van der Waals surface area contributed by atoms with Gasteiger partial charge >= 0.3 is 5.97 Å². The third-order valence-corrected chi connectivity index (χ3v) is 6.94. The molecule has 2 heterocycles. The topological polar surface area (TPSA) is 90.2 Å². The second-order valence-corrected chi connectivity index (χ2v) is 9.35. The van der Waals surface area contributed by atoms with Crippen molar-refractivity contribution in [3.05, 3.63) is 39.9 Å². The number of carbonyl (C=O) groups excluding carboxylic acids is 2. The minimum absolute atomic E-state index is 0.208. The number of esters is 1. The minimum atomic E-state index is -0.718. The summed E-state index contributed by atoms with van der Waals surface area (Å²) in [6, 6.07) is 3.73. The average Bonchev–Trinajstić information content (AvgIpc) is 3.31. The number of halogens is 2. The average molecular weight is 508 g/mol. The van der Waals surface area contributed by atoms with Crippen LogP contribution in [0.25, 0.3) is 0 Å². The lowest BCUT2D eigenvalue weighted by Gasteiger charge is -2.34. The molecule has 0 bridgehead atoms. The van der Waals surface area contributed by atoms with Crippen LogP contribution in [0.4, 0.5) is 4.39 Å². The first kappa shape index (κ1) is 22.8. The number of tetrazole rings is 1. The largest absolute Gasteiger partial charge is 0.453 e. The van der Waals surface area contributed by atoms with E-state index in [1.807, 2.05) is 0 Å². The van der Waals surface area contributed by atoms with Crippen LogP contribution in [0.2, 0.25) is 0 Å². The van der Waals surface area contributed by atoms with Crippen molar-refractivity contribution in [1.29, 1.82) is 0 Å². The van der Waals surface area contributed by atoms with Crippen LogP contribution in [0.3, 0.4) is 0 Å². The Bertz CT molecular complexity index is 978. The molecule has 1 aliphatic heterocycles. The summed E-state index contributed by atoms with van der Waals surface area (Å²) in [4.78, 5) is 27.6. The molecule has 172 valence electrons. The second kappa shape index (κ2) is 10.1. The lowest BCUT2D eigenvalue weighted by molar-refractivity contribution is -0.155. The van der Waals surface area contributed by atoms with Crippen molar-refractivity contribution in [3.63, 3.8) is 0 Å². The van der Waals surface area contributed by atoms with Gasteiger partial charge in [0, 0.05) is 12.1 Å². The molecule has 2 atom stereocenters. The molecule has 2 aliphatic rings. The molecule has 2 aromatic rings. The predicted molar refractivity (Wildman–Crippen MR) is 117 cm³/mol. The van der Waals surface area contributed by atoms with Gasteiger partial charge in [-0.25, -0.2) is 13.9 Å². The maximum Gasteiger partial charge on any atom is 0.329 e. The molecule has 1 saturated carbocycles. The Balaban J connectivity index is 1.47. The van der Waals surface area contributed by atoms with E-state index >= 15 is 0 Å². The van der Waals surface area contributed by atoms with E-state index in [9.17, 15) is 14.0 Å². The van der Waals surface area contributed by atoms with Crippen LogP contribution < -0.4 is 0 Å². The summed E-state index contributed by atoms with van der Waals surface area (Å²) in [5.41, 5.74) is 0.208. The number of benzene rings is 1. The molecule has 2 fully saturated rings. The van der Waals surface area contributed by atoms with E-state index in [0.717, 1.165) is 38.5 Å². The zero-order valence-electron chi connectivity index (χ0n) is 18.0. The highest BCUT2D eigenvalue weighted by Gasteiger charge is 2.36. The molecular weight excluding hydrogens is 481 g/mol. The van der Waals surface area contributed by atoms with Gasteiger partial charge < -0.3 is 9.64 Å². The number of nitrogens with zero attached hydrogens (tertiary/aromatic N) is 5. The Labute approximate surface area is 194 Å². The molecule has 10 heteroatoms. The molecule has 0 spiro atoms. The number of aromatic nitrogens is 4. The molecule has 1 aliphatic carbocycles. The van der Waals surface area contributed by atoms with Crippen molar-refractivity contribution in [3.8, 4) is 0 Å². The molecule has 4 rings (SSSR count). The third kappa shape index (κ3) is 4.84. The van der Waals surface area contributed by atoms with Crippen molar-refractivity contribution < 1.29 is 18.7 Å². The number of rotatable bonds is 5. The summed E-state index contributed by atoms with van der Waals surface area (Å²) in [7, 11) is 0. The Morgan fingerprint density at radius 1 is 1.16 bits per heavy atom. The highest BCUT2D eigenvalue weighted by molar-refractivity contribution is 9.10. The van der Waals surface area contributed by atoms with Gasteiger partial charge in [0.15, 0.2) is 11.9 Å². The van der Waals surface area contributed by atoms with Gasteiger partial charge in [0.2, 0.25) is 0 Å². The maximum absolute atomic E-state index is 14.0. The highest BCUT2D eigenvalue weighted by Crippen LogP contribution is 2.30. The van der Waals surface area contributed by atoms with Crippen LogP contribution >= 0.6 is 15.9 Å². The first-order chi connectivity index (χ1) is 15.5. The zero-order chi connectivity index (χ0) is 22.7. The molecular formula is C22H27BrFN5O3. The Kier molecular flexibility index (Phi) is 7.17. The number of likely N-dealkylation sites (tertiary alicyclic amines) is 1. The first-order valence-electron chi connectivity index (χ1n) is 11.2. The molecule has 2 unspecified atom stereocenters. The molecule has 1 amide bonds. The lowest BCUT2D eigenvalue weighted by atomic mass is 9.95. The Hall–Kier alpha value is -2.36. The van der Waals surface area contributed by atoms with Gasteiger partial charge in [-0.2, -0.15) is 0 Å². The van der Waals surface area contributed by atoms with Crippen molar-refractivity contribution in [2.75, 3.05) is 6.54 Å². The van der Waals surface area contributed by atoms with E-state index < -0.39 is 23.9 Å². The summed E-state index contributed by atoms with van der Waals surface area (Å²) >= 11 is 3.10. The van der Waals surface area contributed by atoms with Gasteiger partial charge in [0.1, 0.15) is 11.9 Å². The molecule has 1 aromatic carbocycles. The molecule has 0 radical (unpaired) electrons. The van der Waals surface area contributed by atoms with Crippen molar-refractivity contribution in [1.82, 2.24) is 25.1 Å². The lowest BCUT2D eigenvalue weighted by Crippen LogP contribution is -2.48. The number of hydrogen-bond donors (Lipinski definition) is 0. The van der Waals surface area contributed by atoms with E-state index in [1.165, 1.54) is 23.5 Å². The fourth-order valence-electron chi connectivity index (χ4n) is 4.57. The monoisotopic (exact) mass is 507 g/mol. The van der Waals surface area contributed by atoms with Crippen molar-refractivity contribution >= 4 is 27.8 Å². The second-order valence-electron chi connectivity index (χ2n) is 8.49. The Morgan fingerprint density at radius 3 is 2.66 bits per heavy atom. The maximum atomic E-state index is 14.0. The quantitative estimate of drug-likeness (QED) is 0.557. The summed E-state index contributed by atoms with van der Waals surface area (Å²) < 4.78 is 21.8. The zero-order valence-corrected chi connectivity index (χ0v) is 19.6. The molecule has 32 heavy (non-hydrogen) atoms. The van der Waals surface area contributed by atoms with Crippen LogP contribution in [0.1, 0.15) is 86.6 Å². The number of carbonyl (C=O) groups is 2. The van der Waals surface area contributed by atoms with E-state index in [-0.39, 0.29) is 22.0 Å². The third-order valence-electron chi connectivity index (χ3n) is 6.30. The fourth-order valence-corrected chi connectivity index (χ4v) is 4.82. The number of piperidine rings is 1. The summed E-state index contributed by atoms with van der Waals surface area (Å²) in [5, 5.41) is 12.1. The van der Waals surface area contributed by atoms with Crippen molar-refractivity contribution in [2.24, 2.45) is 0 Å². The molecule has 1 aromatic heterocycles. The Morgan fingerprint density at radius 2 is 1.91 bits per heavy atom. The summed E-state index contributed by atoms with van der Waals surface area (Å²) in [6.07, 6.45) is 6.96. The number of hydrogen-bond acceptors (Lipinski definition) is 6. The van der Waals surface area contributed by atoms with E-state index in [0.29, 0.717) is 18.8 Å². The van der Waals surface area contributed by atoms with Gasteiger partial charge in [-0.1, -0.05) is 19.3 Å². The normalized spacial score (nSPS) is 20.7. The van der Waals surface area contributed by atoms with Crippen molar-refractivity contribution in [2.45, 2.75) is 76.5 Å². The predicted octanol–water partition coefficient (Wildman–Crippen LogP) is 4.38. The molecule has 0 N–H and O–H groups in total. The SMILES string of the molecule is CC(OC(=O)C1CCCCN1C(=O)c1ccc(Br)c(F)c1)c1nnnn1C1CCCCC1. The van der Waals surface area contributed by atoms with Crippen LogP contribution in [-0.4, -0.2) is 49.6 Å². The standard InChI is InChI=1S/C22H27BrFN5O3/c1-14(20-25-26-27-29(20)16-7-3-2-4-8-16)32-22(31)19-9-5-6-12-28(19)21(30)15-10-11-17(23)18(24)13-15/h10-11,13-14,16,19H,2-9,12H2,1H3. The summed E-state index contributed by atoms with van der Waals surface area (Å²) in [6.45, 7) is 2.17. The van der Waals surface area contributed by atoms with Gasteiger partial charge in [-0.3, -0.25) is 4.79 Å². The van der Waals surface area contributed by atoms with E-state index in [1.54, 1.807) is 17.7 Å². The summed E-state index contributed by atoms with van der Waals surface area (Å²) in [5.74, 6) is -0.858. The minimum Gasteiger partial charge on any atom is -0.453 e. The van der Waals surface area contributed by atoms with Crippen LogP contribution in [0.5, 0.6) is 0 Å². The first-order valence-corrected chi connectivity index (χ1v) is 12.0. The molecule has 1 saturated heterocycles. The van der Waals surface area contributed by atoms with E-state index in [4.69, 9.17) is 4.74 Å². The number of ether oxygens (including phenoxy) is 1. The van der Waals surface area contributed by atoms with Crippen LogP contribution in [0, 0.1) is 5.82 Å². The number of amides is 1. The van der Waals surface area contributed by atoms with Gasteiger partial charge in [-0.05, 0) is 83.6 Å².